The Morgan fingerprint density at radius 1 is 1.30 bits per heavy atom. The van der Waals surface area contributed by atoms with Gasteiger partial charge in [-0.2, -0.15) is 5.26 Å². The van der Waals surface area contributed by atoms with Crippen molar-refractivity contribution in [1.29, 1.82) is 5.26 Å². The predicted molar refractivity (Wildman–Crippen MR) is 78.2 cm³/mol. The summed E-state index contributed by atoms with van der Waals surface area (Å²) in [5.41, 5.74) is 9.94. The molecule has 0 saturated carbocycles. The lowest BCUT2D eigenvalue weighted by molar-refractivity contribution is 0.589. The molecule has 1 aliphatic heterocycles. The summed E-state index contributed by atoms with van der Waals surface area (Å²) in [4.78, 5) is 6.36. The van der Waals surface area contributed by atoms with Crippen LogP contribution >= 0.6 is 0 Å². The van der Waals surface area contributed by atoms with Crippen LogP contribution in [0.25, 0.3) is 0 Å². The molecular weight excluding hydrogens is 248 g/mol. The first-order valence-corrected chi connectivity index (χ1v) is 6.74. The van der Waals surface area contributed by atoms with E-state index in [1.165, 1.54) is 11.1 Å². The van der Waals surface area contributed by atoms with E-state index in [1.54, 1.807) is 6.20 Å². The van der Waals surface area contributed by atoms with Crippen molar-refractivity contribution in [3.8, 4) is 6.07 Å². The Balaban J connectivity index is 2.06. The average molecular weight is 264 g/mol. The molecule has 2 aromatic rings. The summed E-state index contributed by atoms with van der Waals surface area (Å²) in [6.07, 6.45) is 2.61. The normalized spacial score (nSPS) is 17.4. The second kappa shape index (κ2) is 5.32. The number of fused-ring (bicyclic) bond motifs is 1. The van der Waals surface area contributed by atoms with Crippen LogP contribution in [0.2, 0.25) is 0 Å². The summed E-state index contributed by atoms with van der Waals surface area (Å²) >= 11 is 0. The second-order valence-corrected chi connectivity index (χ2v) is 4.88. The molecule has 1 aromatic heterocycles. The van der Waals surface area contributed by atoms with E-state index in [1.807, 2.05) is 18.2 Å². The Kier molecular flexibility index (Phi) is 3.36. The Morgan fingerprint density at radius 3 is 2.95 bits per heavy atom. The van der Waals surface area contributed by atoms with Crippen LogP contribution in [0.15, 0.2) is 42.6 Å². The molecule has 1 aromatic carbocycles. The fraction of sp³-hybridized carbons (Fsp3) is 0.250. The number of rotatable bonds is 2. The standard InChI is InChI=1S/C16H16N4/c17-10-14-15(6-3-8-19-14)20-9-7-12-4-1-2-5-13(12)16(20)11-18/h1-6,8,16H,7,9,11,18H2. The van der Waals surface area contributed by atoms with Crippen molar-refractivity contribution in [1.82, 2.24) is 4.98 Å². The predicted octanol–water partition coefficient (Wildman–Crippen LogP) is 2.02. The molecule has 0 fully saturated rings. The smallest absolute Gasteiger partial charge is 0.163 e. The van der Waals surface area contributed by atoms with Gasteiger partial charge in [0, 0.05) is 19.3 Å². The van der Waals surface area contributed by atoms with Gasteiger partial charge < -0.3 is 10.6 Å². The van der Waals surface area contributed by atoms with E-state index in [4.69, 9.17) is 5.73 Å². The Bertz CT molecular complexity index is 660. The zero-order chi connectivity index (χ0) is 13.9. The number of hydrogen-bond acceptors (Lipinski definition) is 4. The SMILES string of the molecule is N#Cc1ncccc1N1CCc2ccccc2C1CN. The maximum absolute atomic E-state index is 9.23. The lowest BCUT2D eigenvalue weighted by atomic mass is 9.92. The molecule has 4 nitrogen and oxygen atoms in total. The summed E-state index contributed by atoms with van der Waals surface area (Å²) in [5, 5.41) is 9.23. The third kappa shape index (κ3) is 2.02. The van der Waals surface area contributed by atoms with E-state index in [0.717, 1.165) is 18.7 Å². The zero-order valence-electron chi connectivity index (χ0n) is 11.2. The molecule has 0 spiro atoms. The molecule has 20 heavy (non-hydrogen) atoms. The van der Waals surface area contributed by atoms with Gasteiger partial charge in [0.1, 0.15) is 6.07 Å². The largest absolute Gasteiger partial charge is 0.361 e. The van der Waals surface area contributed by atoms with Crippen LogP contribution in [0.5, 0.6) is 0 Å². The van der Waals surface area contributed by atoms with Crippen LogP contribution in [0.1, 0.15) is 22.9 Å². The first-order valence-electron chi connectivity index (χ1n) is 6.74. The minimum Gasteiger partial charge on any atom is -0.361 e. The second-order valence-electron chi connectivity index (χ2n) is 4.88. The van der Waals surface area contributed by atoms with Crippen molar-refractivity contribution in [3.63, 3.8) is 0 Å². The maximum atomic E-state index is 9.23. The lowest BCUT2D eigenvalue weighted by Crippen LogP contribution is -2.39. The molecule has 1 atom stereocenters. The number of nitrogens with zero attached hydrogens (tertiary/aromatic N) is 3. The highest BCUT2D eigenvalue weighted by atomic mass is 15.2. The third-order valence-corrected chi connectivity index (χ3v) is 3.84. The molecule has 2 N–H and O–H groups in total. The van der Waals surface area contributed by atoms with E-state index < -0.39 is 0 Å². The number of pyridine rings is 1. The molecule has 0 bridgehead atoms. The summed E-state index contributed by atoms with van der Waals surface area (Å²) in [7, 11) is 0. The van der Waals surface area contributed by atoms with E-state index >= 15 is 0 Å². The number of nitriles is 1. The zero-order valence-corrected chi connectivity index (χ0v) is 11.2. The number of nitrogens with two attached hydrogens (primary N) is 1. The Morgan fingerprint density at radius 2 is 2.15 bits per heavy atom. The minimum absolute atomic E-state index is 0.108. The third-order valence-electron chi connectivity index (χ3n) is 3.84. The van der Waals surface area contributed by atoms with Gasteiger partial charge in [0.15, 0.2) is 5.69 Å². The van der Waals surface area contributed by atoms with Crippen LogP contribution in [-0.2, 0) is 6.42 Å². The van der Waals surface area contributed by atoms with Gasteiger partial charge in [-0.05, 0) is 29.7 Å². The van der Waals surface area contributed by atoms with Crippen LogP contribution in [0.4, 0.5) is 5.69 Å². The fourth-order valence-electron chi connectivity index (χ4n) is 2.91. The molecule has 1 aliphatic rings. The van der Waals surface area contributed by atoms with Crippen molar-refractivity contribution >= 4 is 5.69 Å². The van der Waals surface area contributed by atoms with Gasteiger partial charge >= 0.3 is 0 Å². The van der Waals surface area contributed by atoms with E-state index in [2.05, 4.69) is 34.2 Å². The summed E-state index contributed by atoms with van der Waals surface area (Å²) < 4.78 is 0. The maximum Gasteiger partial charge on any atom is 0.163 e. The Labute approximate surface area is 118 Å². The highest BCUT2D eigenvalue weighted by Gasteiger charge is 2.27. The molecule has 2 heterocycles. The van der Waals surface area contributed by atoms with Gasteiger partial charge in [0.25, 0.3) is 0 Å². The minimum atomic E-state index is 0.108. The molecule has 0 amide bonds. The first-order chi connectivity index (χ1) is 9.85. The van der Waals surface area contributed by atoms with Crippen LogP contribution < -0.4 is 10.6 Å². The van der Waals surface area contributed by atoms with Gasteiger partial charge in [0.2, 0.25) is 0 Å². The van der Waals surface area contributed by atoms with Gasteiger partial charge in [-0.3, -0.25) is 0 Å². The highest BCUT2D eigenvalue weighted by Crippen LogP contribution is 2.33. The van der Waals surface area contributed by atoms with Crippen LogP contribution in [0.3, 0.4) is 0 Å². The molecule has 1 unspecified atom stereocenters. The molecule has 4 heteroatoms. The topological polar surface area (TPSA) is 65.9 Å². The van der Waals surface area contributed by atoms with Crippen molar-refractivity contribution < 1.29 is 0 Å². The van der Waals surface area contributed by atoms with E-state index in [9.17, 15) is 5.26 Å². The number of benzene rings is 1. The van der Waals surface area contributed by atoms with Gasteiger partial charge in [0.05, 0.1) is 11.7 Å². The molecule has 0 aliphatic carbocycles. The van der Waals surface area contributed by atoms with Gasteiger partial charge in [-0.1, -0.05) is 24.3 Å². The first kappa shape index (κ1) is 12.6. The molecule has 3 rings (SSSR count). The summed E-state index contributed by atoms with van der Waals surface area (Å²) in [5.74, 6) is 0. The van der Waals surface area contributed by atoms with Crippen LogP contribution in [-0.4, -0.2) is 18.1 Å². The molecule has 100 valence electrons. The molecule has 0 radical (unpaired) electrons. The summed E-state index contributed by atoms with van der Waals surface area (Å²) in [6.45, 7) is 1.38. The van der Waals surface area contributed by atoms with Crippen molar-refractivity contribution in [2.75, 3.05) is 18.0 Å². The fourth-order valence-corrected chi connectivity index (χ4v) is 2.91. The van der Waals surface area contributed by atoms with Crippen molar-refractivity contribution in [2.45, 2.75) is 12.5 Å². The van der Waals surface area contributed by atoms with Gasteiger partial charge in [-0.25, -0.2) is 4.98 Å². The number of anilines is 1. The lowest BCUT2D eigenvalue weighted by Gasteiger charge is -2.38. The van der Waals surface area contributed by atoms with Crippen LogP contribution in [0, 0.1) is 11.3 Å². The molecule has 0 saturated heterocycles. The van der Waals surface area contributed by atoms with Gasteiger partial charge in [-0.15, -0.1) is 0 Å². The Hall–Kier alpha value is -2.38. The van der Waals surface area contributed by atoms with E-state index in [-0.39, 0.29) is 6.04 Å². The quantitative estimate of drug-likeness (QED) is 0.901. The monoisotopic (exact) mass is 264 g/mol. The van der Waals surface area contributed by atoms with Crippen molar-refractivity contribution in [3.05, 3.63) is 59.4 Å². The summed E-state index contributed by atoms with van der Waals surface area (Å²) in [6, 6.07) is 14.5. The number of aromatic nitrogens is 1. The van der Waals surface area contributed by atoms with Crippen molar-refractivity contribution in [2.24, 2.45) is 5.73 Å². The highest BCUT2D eigenvalue weighted by molar-refractivity contribution is 5.59. The molecular formula is C16H16N4. The average Bonchev–Trinajstić information content (AvgIpc) is 2.53. The van der Waals surface area contributed by atoms with E-state index in [0.29, 0.717) is 12.2 Å². The number of hydrogen-bond donors (Lipinski definition) is 1.